The van der Waals surface area contributed by atoms with Crippen LogP contribution in [-0.4, -0.2) is 5.97 Å². The van der Waals surface area contributed by atoms with Gasteiger partial charge in [-0.2, -0.15) is 0 Å². The molecule has 1 aliphatic rings. The van der Waals surface area contributed by atoms with Crippen LogP contribution in [0.4, 0.5) is 0 Å². The molecule has 2 aromatic carbocycles. The highest BCUT2D eigenvalue weighted by molar-refractivity contribution is 5.91. The molecule has 1 atom stereocenters. The molecule has 1 aliphatic carbocycles. The fraction of sp³-hybridized carbons (Fsp3) is 0.536. The first kappa shape index (κ1) is 22.6. The van der Waals surface area contributed by atoms with Gasteiger partial charge >= 0.3 is 5.97 Å². The van der Waals surface area contributed by atoms with E-state index in [-0.39, 0.29) is 5.97 Å². The largest absolute Gasteiger partial charge is 0.423 e. The smallest absolute Gasteiger partial charge is 0.343 e. The predicted molar refractivity (Wildman–Crippen MR) is 125 cm³/mol. The number of benzene rings is 2. The maximum absolute atomic E-state index is 12.6. The Morgan fingerprint density at radius 2 is 1.63 bits per heavy atom. The van der Waals surface area contributed by atoms with Crippen LogP contribution in [0.2, 0.25) is 0 Å². The first-order valence-electron chi connectivity index (χ1n) is 12.0. The van der Waals surface area contributed by atoms with Crippen LogP contribution in [0.15, 0.2) is 48.5 Å². The van der Waals surface area contributed by atoms with Crippen molar-refractivity contribution in [1.82, 2.24) is 0 Å². The highest BCUT2D eigenvalue weighted by Crippen LogP contribution is 2.44. The Bertz CT molecular complexity index is 782. The third-order valence-corrected chi connectivity index (χ3v) is 6.93. The summed E-state index contributed by atoms with van der Waals surface area (Å²) in [5.74, 6) is 1.09. The van der Waals surface area contributed by atoms with E-state index in [1.807, 2.05) is 36.4 Å². The Morgan fingerprint density at radius 3 is 2.23 bits per heavy atom. The summed E-state index contributed by atoms with van der Waals surface area (Å²) >= 11 is 0. The molecule has 2 nitrogen and oxygen atoms in total. The molecule has 3 rings (SSSR count). The minimum absolute atomic E-state index is 0.281. The zero-order valence-electron chi connectivity index (χ0n) is 19.1. The molecule has 0 amide bonds. The van der Waals surface area contributed by atoms with Gasteiger partial charge < -0.3 is 4.74 Å². The van der Waals surface area contributed by atoms with Gasteiger partial charge in [0.25, 0.3) is 0 Å². The minimum Gasteiger partial charge on any atom is -0.423 e. The van der Waals surface area contributed by atoms with Gasteiger partial charge in [0.05, 0.1) is 5.56 Å². The summed E-state index contributed by atoms with van der Waals surface area (Å²) in [6.45, 7) is 6.86. The van der Waals surface area contributed by atoms with Gasteiger partial charge in [0.2, 0.25) is 0 Å². The standard InChI is InChI=1S/C28H38O2/c1-4-6-10-23-11-13-24(14-12-23)27(29)30-26-17-15-25(16-18-26)28(21-22(3)5-2)19-8-7-9-20-28/h11-18,22H,4-10,19-21H2,1-3H3. The van der Waals surface area contributed by atoms with Crippen molar-refractivity contribution in [3.8, 4) is 5.75 Å². The van der Waals surface area contributed by atoms with E-state index >= 15 is 0 Å². The van der Waals surface area contributed by atoms with E-state index in [1.54, 1.807) is 0 Å². The maximum Gasteiger partial charge on any atom is 0.343 e. The van der Waals surface area contributed by atoms with E-state index in [0.29, 0.717) is 16.7 Å². The summed E-state index contributed by atoms with van der Waals surface area (Å²) in [6, 6.07) is 16.2. The number of esters is 1. The molecule has 1 saturated carbocycles. The van der Waals surface area contributed by atoms with Crippen molar-refractivity contribution in [2.45, 2.75) is 90.4 Å². The predicted octanol–water partition coefficient (Wildman–Crippen LogP) is 7.89. The van der Waals surface area contributed by atoms with E-state index < -0.39 is 0 Å². The molecule has 0 N–H and O–H groups in total. The number of rotatable bonds is 9. The zero-order valence-corrected chi connectivity index (χ0v) is 19.1. The molecule has 0 aliphatic heterocycles. The molecule has 0 spiro atoms. The van der Waals surface area contributed by atoms with Gasteiger partial charge in [-0.1, -0.05) is 77.1 Å². The molecule has 1 unspecified atom stereocenters. The van der Waals surface area contributed by atoms with Crippen LogP contribution < -0.4 is 4.74 Å². The fourth-order valence-electron chi connectivity index (χ4n) is 4.88. The summed E-state index contributed by atoms with van der Waals surface area (Å²) in [5, 5.41) is 0. The van der Waals surface area contributed by atoms with Crippen LogP contribution in [0.5, 0.6) is 5.75 Å². The van der Waals surface area contributed by atoms with E-state index in [2.05, 4.69) is 32.9 Å². The Morgan fingerprint density at radius 1 is 0.967 bits per heavy atom. The highest BCUT2D eigenvalue weighted by atomic mass is 16.5. The fourth-order valence-corrected chi connectivity index (χ4v) is 4.88. The van der Waals surface area contributed by atoms with Crippen LogP contribution in [0.1, 0.15) is 100 Å². The summed E-state index contributed by atoms with van der Waals surface area (Å²) in [7, 11) is 0. The normalized spacial score (nSPS) is 16.8. The Balaban J connectivity index is 1.67. The number of hydrogen-bond acceptors (Lipinski definition) is 2. The van der Waals surface area contributed by atoms with E-state index in [1.165, 1.54) is 68.9 Å². The number of aryl methyl sites for hydroxylation is 1. The monoisotopic (exact) mass is 406 g/mol. The number of hydrogen-bond donors (Lipinski definition) is 0. The quantitative estimate of drug-likeness (QED) is 0.312. The molecule has 1 fully saturated rings. The SMILES string of the molecule is CCCCc1ccc(C(=O)Oc2ccc(C3(CC(C)CC)CCCCC3)cc2)cc1. The van der Waals surface area contributed by atoms with Crippen molar-refractivity contribution in [2.75, 3.05) is 0 Å². The molecule has 2 aromatic rings. The summed E-state index contributed by atoms with van der Waals surface area (Å²) < 4.78 is 5.66. The molecule has 162 valence electrons. The summed E-state index contributed by atoms with van der Waals surface area (Å²) in [5.41, 5.74) is 3.60. The molecule has 0 saturated heterocycles. The minimum atomic E-state index is -0.281. The molecular formula is C28H38O2. The number of ether oxygens (including phenoxy) is 1. The summed E-state index contributed by atoms with van der Waals surface area (Å²) in [4.78, 5) is 12.6. The lowest BCUT2D eigenvalue weighted by atomic mass is 9.65. The molecular weight excluding hydrogens is 368 g/mol. The third-order valence-electron chi connectivity index (χ3n) is 6.93. The van der Waals surface area contributed by atoms with E-state index in [0.717, 1.165) is 12.3 Å². The lowest BCUT2D eigenvalue weighted by molar-refractivity contribution is 0.0734. The lowest BCUT2D eigenvalue weighted by Crippen LogP contribution is -2.31. The second-order valence-corrected chi connectivity index (χ2v) is 9.27. The van der Waals surface area contributed by atoms with Gasteiger partial charge in [-0.05, 0) is 78.8 Å². The number of carbonyl (C=O) groups is 1. The second-order valence-electron chi connectivity index (χ2n) is 9.27. The van der Waals surface area contributed by atoms with Crippen molar-refractivity contribution >= 4 is 5.97 Å². The average molecular weight is 407 g/mol. The van der Waals surface area contributed by atoms with Crippen molar-refractivity contribution in [3.05, 3.63) is 65.2 Å². The van der Waals surface area contributed by atoms with Gasteiger partial charge in [-0.25, -0.2) is 4.79 Å². The van der Waals surface area contributed by atoms with E-state index in [4.69, 9.17) is 4.74 Å². The van der Waals surface area contributed by atoms with E-state index in [9.17, 15) is 4.79 Å². The average Bonchev–Trinajstić information content (AvgIpc) is 2.79. The van der Waals surface area contributed by atoms with Crippen molar-refractivity contribution in [1.29, 1.82) is 0 Å². The van der Waals surface area contributed by atoms with Crippen molar-refractivity contribution in [2.24, 2.45) is 5.92 Å². The molecule has 30 heavy (non-hydrogen) atoms. The lowest BCUT2D eigenvalue weighted by Gasteiger charge is -2.40. The number of carbonyl (C=O) groups excluding carboxylic acids is 1. The number of unbranched alkanes of at least 4 members (excludes halogenated alkanes) is 1. The maximum atomic E-state index is 12.6. The molecule has 0 bridgehead atoms. The second kappa shape index (κ2) is 10.8. The third kappa shape index (κ3) is 5.74. The first-order chi connectivity index (χ1) is 14.6. The molecule has 2 heteroatoms. The Hall–Kier alpha value is -2.09. The van der Waals surface area contributed by atoms with Crippen LogP contribution in [0.3, 0.4) is 0 Å². The Labute approximate surface area is 183 Å². The van der Waals surface area contributed by atoms with Crippen LogP contribution >= 0.6 is 0 Å². The van der Waals surface area contributed by atoms with Crippen molar-refractivity contribution < 1.29 is 9.53 Å². The van der Waals surface area contributed by atoms with Gasteiger partial charge in [-0.15, -0.1) is 0 Å². The topological polar surface area (TPSA) is 26.3 Å². The summed E-state index contributed by atoms with van der Waals surface area (Å²) in [6.07, 6.45) is 12.5. The van der Waals surface area contributed by atoms with Crippen LogP contribution in [-0.2, 0) is 11.8 Å². The van der Waals surface area contributed by atoms with Gasteiger partial charge in [0, 0.05) is 0 Å². The van der Waals surface area contributed by atoms with Crippen molar-refractivity contribution in [3.63, 3.8) is 0 Å². The molecule has 0 radical (unpaired) electrons. The van der Waals surface area contributed by atoms with Gasteiger partial charge in [0.1, 0.15) is 5.75 Å². The highest BCUT2D eigenvalue weighted by Gasteiger charge is 2.34. The molecule has 0 heterocycles. The molecule has 0 aromatic heterocycles. The first-order valence-corrected chi connectivity index (χ1v) is 12.0. The zero-order chi connectivity index (χ0) is 21.4. The van der Waals surface area contributed by atoms with Gasteiger partial charge in [0.15, 0.2) is 0 Å². The van der Waals surface area contributed by atoms with Gasteiger partial charge in [-0.3, -0.25) is 0 Å². The Kier molecular flexibility index (Phi) is 8.13. The van der Waals surface area contributed by atoms with Crippen LogP contribution in [0.25, 0.3) is 0 Å². The van der Waals surface area contributed by atoms with Crippen LogP contribution in [0, 0.1) is 5.92 Å².